The molecule has 84 valence electrons. The SMILES string of the molecule is Cc1noc([C@H](C)Oc2ccc(F)cc2)n1. The second-order valence-corrected chi connectivity index (χ2v) is 3.39. The molecule has 2 rings (SSSR count). The molecule has 0 unspecified atom stereocenters. The van der Waals surface area contributed by atoms with Crippen molar-refractivity contribution in [2.75, 3.05) is 0 Å². The van der Waals surface area contributed by atoms with E-state index >= 15 is 0 Å². The molecule has 4 nitrogen and oxygen atoms in total. The Morgan fingerprint density at radius 2 is 2.00 bits per heavy atom. The van der Waals surface area contributed by atoms with Crippen LogP contribution in [0.15, 0.2) is 28.8 Å². The third kappa shape index (κ3) is 2.36. The number of rotatable bonds is 3. The summed E-state index contributed by atoms with van der Waals surface area (Å²) in [4.78, 5) is 4.05. The molecule has 0 N–H and O–H groups in total. The van der Waals surface area contributed by atoms with E-state index in [9.17, 15) is 4.39 Å². The number of hydrogen-bond donors (Lipinski definition) is 0. The Balaban J connectivity index is 2.07. The van der Waals surface area contributed by atoms with Crippen LogP contribution in [0.5, 0.6) is 5.75 Å². The van der Waals surface area contributed by atoms with E-state index in [1.807, 2.05) is 0 Å². The second-order valence-electron chi connectivity index (χ2n) is 3.39. The van der Waals surface area contributed by atoms with Gasteiger partial charge in [0.1, 0.15) is 11.6 Å². The molecule has 1 aromatic heterocycles. The topological polar surface area (TPSA) is 48.2 Å². The van der Waals surface area contributed by atoms with Crippen LogP contribution in [0.4, 0.5) is 4.39 Å². The number of hydrogen-bond acceptors (Lipinski definition) is 4. The normalized spacial score (nSPS) is 12.4. The molecule has 0 aliphatic carbocycles. The van der Waals surface area contributed by atoms with E-state index in [0.717, 1.165) is 0 Å². The first-order valence-electron chi connectivity index (χ1n) is 4.87. The molecule has 0 saturated heterocycles. The minimum Gasteiger partial charge on any atom is -0.481 e. The van der Waals surface area contributed by atoms with Gasteiger partial charge in [-0.15, -0.1) is 0 Å². The third-order valence-corrected chi connectivity index (χ3v) is 2.02. The van der Waals surface area contributed by atoms with Crippen molar-refractivity contribution in [3.63, 3.8) is 0 Å². The van der Waals surface area contributed by atoms with Gasteiger partial charge in [0.15, 0.2) is 11.9 Å². The highest BCUT2D eigenvalue weighted by Gasteiger charge is 2.14. The lowest BCUT2D eigenvalue weighted by Gasteiger charge is -2.10. The maximum absolute atomic E-state index is 12.7. The summed E-state index contributed by atoms with van der Waals surface area (Å²) in [6.07, 6.45) is -0.355. The van der Waals surface area contributed by atoms with E-state index in [2.05, 4.69) is 10.1 Å². The molecular formula is C11H11FN2O2. The van der Waals surface area contributed by atoms with E-state index in [1.54, 1.807) is 26.0 Å². The highest BCUT2D eigenvalue weighted by atomic mass is 19.1. The molecule has 16 heavy (non-hydrogen) atoms. The first kappa shape index (κ1) is 10.6. The first-order valence-corrected chi connectivity index (χ1v) is 4.87. The molecule has 1 heterocycles. The first-order chi connectivity index (χ1) is 7.65. The van der Waals surface area contributed by atoms with Crippen molar-refractivity contribution in [3.05, 3.63) is 41.8 Å². The van der Waals surface area contributed by atoms with E-state index in [0.29, 0.717) is 17.5 Å². The molecule has 0 fully saturated rings. The number of benzene rings is 1. The molecule has 0 bridgehead atoms. The van der Waals surface area contributed by atoms with Crippen molar-refractivity contribution in [3.8, 4) is 5.75 Å². The van der Waals surface area contributed by atoms with Gasteiger partial charge in [0.05, 0.1) is 0 Å². The van der Waals surface area contributed by atoms with Crippen molar-refractivity contribution in [2.24, 2.45) is 0 Å². The zero-order valence-electron chi connectivity index (χ0n) is 8.98. The maximum Gasteiger partial charge on any atom is 0.267 e. The van der Waals surface area contributed by atoms with Crippen LogP contribution in [0.25, 0.3) is 0 Å². The molecule has 0 spiro atoms. The smallest absolute Gasteiger partial charge is 0.267 e. The summed E-state index contributed by atoms with van der Waals surface area (Å²) in [7, 11) is 0. The zero-order valence-corrected chi connectivity index (χ0v) is 8.98. The van der Waals surface area contributed by atoms with E-state index < -0.39 is 0 Å². The fraction of sp³-hybridized carbons (Fsp3) is 0.273. The molecule has 2 aromatic rings. The van der Waals surface area contributed by atoms with Gasteiger partial charge >= 0.3 is 0 Å². The average molecular weight is 222 g/mol. The minimum absolute atomic E-state index is 0.298. The van der Waals surface area contributed by atoms with E-state index in [-0.39, 0.29) is 11.9 Å². The maximum atomic E-state index is 12.7. The Morgan fingerprint density at radius 3 is 2.56 bits per heavy atom. The quantitative estimate of drug-likeness (QED) is 0.801. The predicted molar refractivity (Wildman–Crippen MR) is 54.5 cm³/mol. The summed E-state index contributed by atoms with van der Waals surface area (Å²) in [6.45, 7) is 3.52. The van der Waals surface area contributed by atoms with Gasteiger partial charge in [-0.3, -0.25) is 0 Å². The van der Waals surface area contributed by atoms with Gasteiger partial charge in [-0.25, -0.2) is 4.39 Å². The Morgan fingerprint density at radius 1 is 1.31 bits per heavy atom. The molecule has 0 aliphatic heterocycles. The van der Waals surface area contributed by atoms with Gasteiger partial charge in [0, 0.05) is 0 Å². The van der Waals surface area contributed by atoms with Crippen LogP contribution in [0, 0.1) is 12.7 Å². The summed E-state index contributed by atoms with van der Waals surface area (Å²) in [5, 5.41) is 3.67. The van der Waals surface area contributed by atoms with Crippen LogP contribution in [-0.4, -0.2) is 10.1 Å². The highest BCUT2D eigenvalue weighted by Crippen LogP contribution is 2.20. The van der Waals surface area contributed by atoms with Gasteiger partial charge < -0.3 is 9.26 Å². The van der Waals surface area contributed by atoms with Crippen LogP contribution in [0.3, 0.4) is 0 Å². The van der Waals surface area contributed by atoms with Crippen molar-refractivity contribution in [1.29, 1.82) is 0 Å². The highest BCUT2D eigenvalue weighted by molar-refractivity contribution is 5.22. The molecule has 5 heteroatoms. The largest absolute Gasteiger partial charge is 0.481 e. The van der Waals surface area contributed by atoms with Crippen molar-refractivity contribution in [1.82, 2.24) is 10.1 Å². The van der Waals surface area contributed by atoms with Crippen molar-refractivity contribution in [2.45, 2.75) is 20.0 Å². The van der Waals surface area contributed by atoms with E-state index in [1.165, 1.54) is 12.1 Å². The summed E-state index contributed by atoms with van der Waals surface area (Å²) < 4.78 is 23.1. The van der Waals surface area contributed by atoms with Gasteiger partial charge in [-0.1, -0.05) is 5.16 Å². The number of aromatic nitrogens is 2. The van der Waals surface area contributed by atoms with Crippen molar-refractivity contribution < 1.29 is 13.7 Å². The Bertz CT molecular complexity index is 467. The second kappa shape index (κ2) is 4.30. The van der Waals surface area contributed by atoms with Gasteiger partial charge in [-0.2, -0.15) is 4.98 Å². The van der Waals surface area contributed by atoms with Crippen LogP contribution in [0.1, 0.15) is 24.7 Å². The number of ether oxygens (including phenoxy) is 1. The summed E-state index contributed by atoms with van der Waals surface area (Å²) in [6, 6.07) is 5.77. The molecule has 0 saturated carbocycles. The lowest BCUT2D eigenvalue weighted by Crippen LogP contribution is -2.03. The Hall–Kier alpha value is -1.91. The minimum atomic E-state index is -0.355. The average Bonchev–Trinajstić information content (AvgIpc) is 2.68. The monoisotopic (exact) mass is 222 g/mol. The Labute approximate surface area is 92.0 Å². The molecule has 0 radical (unpaired) electrons. The number of nitrogens with zero attached hydrogens (tertiary/aromatic N) is 2. The van der Waals surface area contributed by atoms with Crippen LogP contribution in [0.2, 0.25) is 0 Å². The summed E-state index contributed by atoms with van der Waals surface area (Å²) in [5.74, 6) is 1.23. The summed E-state index contributed by atoms with van der Waals surface area (Å²) in [5.41, 5.74) is 0. The van der Waals surface area contributed by atoms with Crippen LogP contribution < -0.4 is 4.74 Å². The molecular weight excluding hydrogens is 211 g/mol. The molecule has 1 aromatic carbocycles. The molecule has 0 amide bonds. The fourth-order valence-electron chi connectivity index (χ4n) is 1.25. The number of aryl methyl sites for hydroxylation is 1. The van der Waals surface area contributed by atoms with Gasteiger partial charge in [-0.05, 0) is 38.1 Å². The molecule has 1 atom stereocenters. The lowest BCUT2D eigenvalue weighted by atomic mass is 10.3. The van der Waals surface area contributed by atoms with Gasteiger partial charge in [0.2, 0.25) is 0 Å². The Kier molecular flexibility index (Phi) is 2.85. The number of halogens is 1. The van der Waals surface area contributed by atoms with Crippen LogP contribution >= 0.6 is 0 Å². The lowest BCUT2D eigenvalue weighted by molar-refractivity contribution is 0.175. The molecule has 0 aliphatic rings. The fourth-order valence-corrected chi connectivity index (χ4v) is 1.25. The van der Waals surface area contributed by atoms with Crippen molar-refractivity contribution >= 4 is 0 Å². The zero-order chi connectivity index (χ0) is 11.5. The van der Waals surface area contributed by atoms with Crippen LogP contribution in [-0.2, 0) is 0 Å². The standard InChI is InChI=1S/C11H11FN2O2/c1-7(11-13-8(2)14-16-11)15-10-5-3-9(12)4-6-10/h3-7H,1-2H3/t7-/m0/s1. The van der Waals surface area contributed by atoms with Gasteiger partial charge in [0.25, 0.3) is 5.89 Å². The van der Waals surface area contributed by atoms with E-state index in [4.69, 9.17) is 9.26 Å². The third-order valence-electron chi connectivity index (χ3n) is 2.02. The predicted octanol–water partition coefficient (Wildman–Crippen LogP) is 2.66. The summed E-state index contributed by atoms with van der Waals surface area (Å²) >= 11 is 0.